The molecule has 5 nitrogen and oxygen atoms in total. The molecule has 1 unspecified atom stereocenters. The molecule has 1 heterocycles. The molecule has 1 aliphatic rings. The molecule has 0 spiro atoms. The molecule has 0 bridgehead atoms. The smallest absolute Gasteiger partial charge is 0.262 e. The normalized spacial score (nSPS) is 15.5. The molecule has 148 valence electrons. The van der Waals surface area contributed by atoms with Gasteiger partial charge in [-0.1, -0.05) is 24.3 Å². The summed E-state index contributed by atoms with van der Waals surface area (Å²) in [5.41, 5.74) is 4.47. The third kappa shape index (κ3) is 3.63. The number of benzene rings is 3. The van der Waals surface area contributed by atoms with Crippen molar-refractivity contribution in [2.45, 2.75) is 13.1 Å². The number of anilines is 3. The van der Waals surface area contributed by atoms with Crippen molar-refractivity contribution < 1.29 is 9.53 Å². The SMILES string of the molecule is CCOc1ccc(N2C(=O)c3ccccc3NC2c2ccc(N(C)C)cc2)cc1. The lowest BCUT2D eigenvalue weighted by Crippen LogP contribution is -2.43. The molecule has 0 saturated carbocycles. The highest BCUT2D eigenvalue weighted by Gasteiger charge is 2.34. The predicted molar refractivity (Wildman–Crippen MR) is 118 cm³/mol. The second-order valence-electron chi connectivity index (χ2n) is 7.18. The van der Waals surface area contributed by atoms with E-state index in [1.54, 1.807) is 0 Å². The van der Waals surface area contributed by atoms with Crippen LogP contribution in [0.15, 0.2) is 72.8 Å². The van der Waals surface area contributed by atoms with E-state index in [-0.39, 0.29) is 12.1 Å². The molecule has 1 amide bonds. The van der Waals surface area contributed by atoms with E-state index in [2.05, 4.69) is 34.5 Å². The van der Waals surface area contributed by atoms with Crippen molar-refractivity contribution in [2.75, 3.05) is 35.8 Å². The molecular formula is C24H25N3O2. The van der Waals surface area contributed by atoms with Crippen molar-refractivity contribution in [3.8, 4) is 5.75 Å². The van der Waals surface area contributed by atoms with Gasteiger partial charge in [0.05, 0.1) is 12.2 Å². The molecule has 1 N–H and O–H groups in total. The van der Waals surface area contributed by atoms with Gasteiger partial charge in [-0.25, -0.2) is 0 Å². The molecule has 3 aromatic carbocycles. The molecule has 3 aromatic rings. The number of rotatable bonds is 5. The van der Waals surface area contributed by atoms with E-state index in [0.29, 0.717) is 12.2 Å². The van der Waals surface area contributed by atoms with E-state index in [1.165, 1.54) is 0 Å². The number of carbonyl (C=O) groups is 1. The number of hydrogen-bond donors (Lipinski definition) is 1. The van der Waals surface area contributed by atoms with Crippen LogP contribution in [-0.2, 0) is 0 Å². The van der Waals surface area contributed by atoms with Gasteiger partial charge in [0.15, 0.2) is 0 Å². The number of fused-ring (bicyclic) bond motifs is 1. The van der Waals surface area contributed by atoms with Crippen molar-refractivity contribution in [1.29, 1.82) is 0 Å². The molecule has 5 heteroatoms. The van der Waals surface area contributed by atoms with Gasteiger partial charge >= 0.3 is 0 Å². The van der Waals surface area contributed by atoms with Gasteiger partial charge in [0.25, 0.3) is 5.91 Å². The minimum absolute atomic E-state index is 0.0230. The largest absolute Gasteiger partial charge is 0.494 e. The predicted octanol–water partition coefficient (Wildman–Crippen LogP) is 4.92. The van der Waals surface area contributed by atoms with Crippen molar-refractivity contribution >= 4 is 23.0 Å². The Hall–Kier alpha value is -3.47. The molecule has 0 radical (unpaired) electrons. The van der Waals surface area contributed by atoms with Crippen LogP contribution < -0.4 is 19.9 Å². The van der Waals surface area contributed by atoms with Gasteiger partial charge in [-0.05, 0) is 61.0 Å². The van der Waals surface area contributed by atoms with Gasteiger partial charge in [-0.3, -0.25) is 9.69 Å². The van der Waals surface area contributed by atoms with Crippen LogP contribution >= 0.6 is 0 Å². The first kappa shape index (κ1) is 18.9. The molecule has 29 heavy (non-hydrogen) atoms. The van der Waals surface area contributed by atoms with Gasteiger partial charge in [0.1, 0.15) is 11.9 Å². The van der Waals surface area contributed by atoms with Crippen LogP contribution in [0.5, 0.6) is 5.75 Å². The van der Waals surface area contributed by atoms with Crippen LogP contribution in [0.2, 0.25) is 0 Å². The summed E-state index contributed by atoms with van der Waals surface area (Å²) in [5.74, 6) is 0.770. The van der Waals surface area contributed by atoms with Crippen molar-refractivity contribution in [3.05, 3.63) is 83.9 Å². The summed E-state index contributed by atoms with van der Waals surface area (Å²) in [5, 5.41) is 3.54. The molecule has 1 aliphatic heterocycles. The van der Waals surface area contributed by atoms with Gasteiger partial charge in [0, 0.05) is 31.2 Å². The summed E-state index contributed by atoms with van der Waals surface area (Å²) >= 11 is 0. The van der Waals surface area contributed by atoms with E-state index in [0.717, 1.165) is 28.4 Å². The summed E-state index contributed by atoms with van der Waals surface area (Å²) < 4.78 is 5.55. The third-order valence-electron chi connectivity index (χ3n) is 5.08. The Kier molecular flexibility index (Phi) is 5.12. The fraction of sp³-hybridized carbons (Fsp3) is 0.208. The van der Waals surface area contributed by atoms with Crippen LogP contribution in [-0.4, -0.2) is 26.6 Å². The van der Waals surface area contributed by atoms with E-state index in [1.807, 2.05) is 74.4 Å². The number of nitrogens with one attached hydrogen (secondary N) is 1. The standard InChI is InChI=1S/C24H25N3O2/c1-4-29-20-15-13-19(14-16-20)27-23(17-9-11-18(12-10-17)26(2)3)25-22-8-6-5-7-21(22)24(27)28/h5-16,23,25H,4H2,1-3H3. The Morgan fingerprint density at radius 3 is 2.31 bits per heavy atom. The quantitative estimate of drug-likeness (QED) is 0.675. The Bertz CT molecular complexity index is 997. The first-order valence-corrected chi connectivity index (χ1v) is 9.77. The highest BCUT2D eigenvalue weighted by molar-refractivity contribution is 6.12. The molecule has 1 atom stereocenters. The summed E-state index contributed by atoms with van der Waals surface area (Å²) in [6.07, 6.45) is -0.299. The third-order valence-corrected chi connectivity index (χ3v) is 5.08. The first-order chi connectivity index (χ1) is 14.1. The number of ether oxygens (including phenoxy) is 1. The van der Waals surface area contributed by atoms with Crippen molar-refractivity contribution in [1.82, 2.24) is 0 Å². The minimum atomic E-state index is -0.299. The average molecular weight is 387 g/mol. The number of para-hydroxylation sites is 1. The molecule has 4 rings (SSSR count). The van der Waals surface area contributed by atoms with Gasteiger partial charge in [-0.15, -0.1) is 0 Å². The number of nitrogens with zero attached hydrogens (tertiary/aromatic N) is 2. The summed E-state index contributed by atoms with van der Waals surface area (Å²) in [7, 11) is 4.03. The molecular weight excluding hydrogens is 362 g/mol. The highest BCUT2D eigenvalue weighted by Crippen LogP contribution is 2.37. The fourth-order valence-electron chi connectivity index (χ4n) is 3.58. The Balaban J connectivity index is 1.76. The fourth-order valence-corrected chi connectivity index (χ4v) is 3.58. The maximum atomic E-state index is 13.4. The lowest BCUT2D eigenvalue weighted by atomic mass is 10.0. The van der Waals surface area contributed by atoms with Crippen molar-refractivity contribution in [3.63, 3.8) is 0 Å². The van der Waals surface area contributed by atoms with Crippen molar-refractivity contribution in [2.24, 2.45) is 0 Å². The molecule has 0 aliphatic carbocycles. The number of amides is 1. The second kappa shape index (κ2) is 7.87. The maximum Gasteiger partial charge on any atom is 0.262 e. The molecule has 0 aromatic heterocycles. The zero-order chi connectivity index (χ0) is 20.4. The Morgan fingerprint density at radius 2 is 1.66 bits per heavy atom. The van der Waals surface area contributed by atoms with Crippen LogP contribution in [0.3, 0.4) is 0 Å². The van der Waals surface area contributed by atoms with Crippen LogP contribution in [0, 0.1) is 0 Å². The maximum absolute atomic E-state index is 13.4. The van der Waals surface area contributed by atoms with Crippen LogP contribution in [0.1, 0.15) is 29.0 Å². The monoisotopic (exact) mass is 387 g/mol. The summed E-state index contributed by atoms with van der Waals surface area (Å²) in [4.78, 5) is 17.3. The highest BCUT2D eigenvalue weighted by atomic mass is 16.5. The Morgan fingerprint density at radius 1 is 0.966 bits per heavy atom. The Labute approximate surface area is 171 Å². The van der Waals surface area contributed by atoms with Gasteiger partial charge in [-0.2, -0.15) is 0 Å². The topological polar surface area (TPSA) is 44.8 Å². The van der Waals surface area contributed by atoms with E-state index < -0.39 is 0 Å². The average Bonchev–Trinajstić information content (AvgIpc) is 2.75. The first-order valence-electron chi connectivity index (χ1n) is 9.77. The van der Waals surface area contributed by atoms with Crippen LogP contribution in [0.25, 0.3) is 0 Å². The number of hydrogen-bond acceptors (Lipinski definition) is 4. The summed E-state index contributed by atoms with van der Waals surface area (Å²) in [6, 6.07) is 23.6. The zero-order valence-electron chi connectivity index (χ0n) is 16.9. The number of carbonyl (C=O) groups excluding carboxylic acids is 1. The van der Waals surface area contributed by atoms with Gasteiger partial charge < -0.3 is 15.0 Å². The molecule has 0 saturated heterocycles. The lowest BCUT2D eigenvalue weighted by Gasteiger charge is -2.38. The second-order valence-corrected chi connectivity index (χ2v) is 7.18. The van der Waals surface area contributed by atoms with E-state index >= 15 is 0 Å². The van der Waals surface area contributed by atoms with Crippen LogP contribution in [0.4, 0.5) is 17.1 Å². The lowest BCUT2D eigenvalue weighted by molar-refractivity contribution is 0.0975. The molecule has 0 fully saturated rings. The zero-order valence-corrected chi connectivity index (χ0v) is 16.9. The summed E-state index contributed by atoms with van der Waals surface area (Å²) in [6.45, 7) is 2.56. The van der Waals surface area contributed by atoms with E-state index in [4.69, 9.17) is 4.74 Å². The van der Waals surface area contributed by atoms with E-state index in [9.17, 15) is 4.79 Å². The minimum Gasteiger partial charge on any atom is -0.494 e. The van der Waals surface area contributed by atoms with Gasteiger partial charge in [0.2, 0.25) is 0 Å².